The Balaban J connectivity index is 1.73. The lowest BCUT2D eigenvalue weighted by atomic mass is 10.0. The summed E-state index contributed by atoms with van der Waals surface area (Å²) in [4.78, 5) is 2.22. The van der Waals surface area contributed by atoms with Crippen molar-refractivity contribution in [2.75, 3.05) is 11.4 Å². The molecule has 2 unspecified atom stereocenters. The minimum atomic E-state index is -0.164. The zero-order valence-electron chi connectivity index (χ0n) is 10.7. The number of rotatable bonds is 4. The summed E-state index contributed by atoms with van der Waals surface area (Å²) in [5.41, 5.74) is 0. The fourth-order valence-corrected chi connectivity index (χ4v) is 3.11. The van der Waals surface area contributed by atoms with Crippen LogP contribution < -0.4 is 10.2 Å². The number of aliphatic hydroxyl groups is 1. The molecule has 2 aliphatic heterocycles. The maximum Gasteiger partial charge on any atom is 0.318 e. The number of hydrogen-bond acceptors (Lipinski definition) is 6. The summed E-state index contributed by atoms with van der Waals surface area (Å²) in [6.07, 6.45) is 3.71. The quantitative estimate of drug-likeness (QED) is 0.820. The lowest BCUT2D eigenvalue weighted by Crippen LogP contribution is -2.45. The largest absolute Gasteiger partial charge is 0.407 e. The molecule has 6 nitrogen and oxygen atoms in total. The molecule has 0 aromatic carbocycles. The molecule has 3 heterocycles. The lowest BCUT2D eigenvalue weighted by Gasteiger charge is -2.35. The average Bonchev–Trinajstić information content (AvgIpc) is 2.90. The second-order valence-corrected chi connectivity index (χ2v) is 5.18. The van der Waals surface area contributed by atoms with Crippen LogP contribution in [0.1, 0.15) is 38.5 Å². The predicted molar refractivity (Wildman–Crippen MR) is 66.2 cm³/mol. The summed E-state index contributed by atoms with van der Waals surface area (Å²) in [5.74, 6) is 0.636. The molecule has 2 N–H and O–H groups in total. The molecule has 0 amide bonds. The van der Waals surface area contributed by atoms with Gasteiger partial charge in [0.1, 0.15) is 0 Å². The second-order valence-electron chi connectivity index (χ2n) is 5.18. The molecule has 2 saturated heterocycles. The summed E-state index contributed by atoms with van der Waals surface area (Å²) >= 11 is 0. The molecule has 2 bridgehead atoms. The van der Waals surface area contributed by atoms with E-state index in [1.54, 1.807) is 0 Å². The molecule has 3 rings (SSSR count). The van der Waals surface area contributed by atoms with Gasteiger partial charge in [-0.3, -0.25) is 0 Å². The van der Waals surface area contributed by atoms with Crippen molar-refractivity contribution in [3.8, 4) is 0 Å². The highest BCUT2D eigenvalue weighted by atomic mass is 16.4. The van der Waals surface area contributed by atoms with Gasteiger partial charge < -0.3 is 19.7 Å². The van der Waals surface area contributed by atoms with Crippen LogP contribution in [0, 0.1) is 0 Å². The van der Waals surface area contributed by atoms with Gasteiger partial charge in [-0.2, -0.15) is 0 Å². The van der Waals surface area contributed by atoms with E-state index in [-0.39, 0.29) is 6.10 Å². The average molecular weight is 252 g/mol. The molecular weight excluding hydrogens is 232 g/mol. The Morgan fingerprint density at radius 3 is 2.72 bits per heavy atom. The molecule has 2 fully saturated rings. The number of piperidine rings is 1. The van der Waals surface area contributed by atoms with Crippen LogP contribution >= 0.6 is 0 Å². The number of aliphatic hydroxyl groups excluding tert-OH is 1. The highest BCUT2D eigenvalue weighted by Gasteiger charge is 2.42. The Kier molecular flexibility index (Phi) is 3.22. The zero-order chi connectivity index (χ0) is 12.5. The van der Waals surface area contributed by atoms with Crippen molar-refractivity contribution >= 4 is 6.01 Å². The summed E-state index contributed by atoms with van der Waals surface area (Å²) in [5, 5.41) is 21.2. The van der Waals surface area contributed by atoms with Crippen molar-refractivity contribution in [2.24, 2.45) is 0 Å². The second kappa shape index (κ2) is 4.85. The Bertz CT molecular complexity index is 395. The van der Waals surface area contributed by atoms with Crippen molar-refractivity contribution in [2.45, 2.75) is 57.3 Å². The van der Waals surface area contributed by atoms with Gasteiger partial charge in [0.05, 0.1) is 12.6 Å². The molecule has 1 aromatic rings. The van der Waals surface area contributed by atoms with Gasteiger partial charge in [-0.15, -0.1) is 5.10 Å². The van der Waals surface area contributed by atoms with Crippen molar-refractivity contribution in [1.82, 2.24) is 15.5 Å². The summed E-state index contributed by atoms with van der Waals surface area (Å²) in [6.45, 7) is 3.55. The van der Waals surface area contributed by atoms with Gasteiger partial charge in [-0.1, -0.05) is 12.0 Å². The highest BCUT2D eigenvalue weighted by Crippen LogP contribution is 2.38. The van der Waals surface area contributed by atoms with E-state index in [9.17, 15) is 5.11 Å². The molecule has 0 spiro atoms. The van der Waals surface area contributed by atoms with Crippen LogP contribution in [0.15, 0.2) is 4.42 Å². The first-order valence-electron chi connectivity index (χ1n) is 6.77. The van der Waals surface area contributed by atoms with E-state index < -0.39 is 0 Å². The molecule has 1 aromatic heterocycles. The summed E-state index contributed by atoms with van der Waals surface area (Å²) < 4.78 is 5.70. The minimum absolute atomic E-state index is 0.164. The SMILES string of the molecule is CCNCc1nnc(N2C3CCC2CC(O)C3)o1. The molecule has 6 heteroatoms. The van der Waals surface area contributed by atoms with E-state index in [0.717, 1.165) is 32.2 Å². The number of hydrogen-bond donors (Lipinski definition) is 2. The van der Waals surface area contributed by atoms with Gasteiger partial charge in [-0.25, -0.2) is 0 Å². The van der Waals surface area contributed by atoms with Crippen LogP contribution in [-0.4, -0.2) is 40.0 Å². The first-order valence-corrected chi connectivity index (χ1v) is 6.77. The summed E-state index contributed by atoms with van der Waals surface area (Å²) in [7, 11) is 0. The van der Waals surface area contributed by atoms with Gasteiger partial charge in [-0.05, 0) is 32.2 Å². The van der Waals surface area contributed by atoms with Gasteiger partial charge >= 0.3 is 6.01 Å². The molecule has 0 saturated carbocycles. The third-order valence-electron chi connectivity index (χ3n) is 3.91. The monoisotopic (exact) mass is 252 g/mol. The van der Waals surface area contributed by atoms with Crippen molar-refractivity contribution in [1.29, 1.82) is 0 Å². The third-order valence-corrected chi connectivity index (χ3v) is 3.91. The predicted octanol–water partition coefficient (Wildman–Crippen LogP) is 0.671. The number of anilines is 1. The Labute approximate surface area is 106 Å². The standard InChI is InChI=1S/C12H20N4O2/c1-2-13-7-11-14-15-12(18-11)16-8-3-4-9(16)6-10(17)5-8/h8-10,13,17H,2-7H2,1H3. The fraction of sp³-hybridized carbons (Fsp3) is 0.833. The molecule has 0 aliphatic carbocycles. The molecule has 0 radical (unpaired) electrons. The normalized spacial score (nSPS) is 31.0. The lowest BCUT2D eigenvalue weighted by molar-refractivity contribution is 0.124. The number of aromatic nitrogens is 2. The van der Waals surface area contributed by atoms with E-state index in [1.807, 2.05) is 6.92 Å². The molecular formula is C12H20N4O2. The summed E-state index contributed by atoms with van der Waals surface area (Å²) in [6, 6.07) is 1.36. The van der Waals surface area contributed by atoms with E-state index in [1.165, 1.54) is 0 Å². The smallest absolute Gasteiger partial charge is 0.318 e. The van der Waals surface area contributed by atoms with Crippen LogP contribution in [0.2, 0.25) is 0 Å². The van der Waals surface area contributed by atoms with Gasteiger partial charge in [0.2, 0.25) is 5.89 Å². The van der Waals surface area contributed by atoms with Crippen molar-refractivity contribution in [3.63, 3.8) is 0 Å². The van der Waals surface area contributed by atoms with Gasteiger partial charge in [0.15, 0.2) is 0 Å². The minimum Gasteiger partial charge on any atom is -0.407 e. The van der Waals surface area contributed by atoms with E-state index >= 15 is 0 Å². The van der Waals surface area contributed by atoms with Crippen LogP contribution in [0.4, 0.5) is 6.01 Å². The Morgan fingerprint density at radius 1 is 1.33 bits per heavy atom. The maximum absolute atomic E-state index is 9.77. The third kappa shape index (κ3) is 2.10. The van der Waals surface area contributed by atoms with Gasteiger partial charge in [0.25, 0.3) is 0 Å². The van der Waals surface area contributed by atoms with Crippen molar-refractivity contribution < 1.29 is 9.52 Å². The number of nitrogens with zero attached hydrogens (tertiary/aromatic N) is 3. The van der Waals surface area contributed by atoms with E-state index in [0.29, 0.717) is 30.5 Å². The van der Waals surface area contributed by atoms with E-state index in [4.69, 9.17) is 4.42 Å². The fourth-order valence-electron chi connectivity index (χ4n) is 3.11. The first kappa shape index (κ1) is 11.9. The van der Waals surface area contributed by atoms with Crippen LogP contribution in [-0.2, 0) is 6.54 Å². The maximum atomic E-state index is 9.77. The molecule has 2 atom stereocenters. The van der Waals surface area contributed by atoms with Gasteiger partial charge in [0, 0.05) is 12.1 Å². The number of nitrogens with one attached hydrogen (secondary N) is 1. The molecule has 2 aliphatic rings. The van der Waals surface area contributed by atoms with Crippen LogP contribution in [0.3, 0.4) is 0 Å². The van der Waals surface area contributed by atoms with E-state index in [2.05, 4.69) is 20.4 Å². The Hall–Kier alpha value is -1.14. The van der Waals surface area contributed by atoms with Crippen LogP contribution in [0.5, 0.6) is 0 Å². The van der Waals surface area contributed by atoms with Crippen LogP contribution in [0.25, 0.3) is 0 Å². The van der Waals surface area contributed by atoms with Crippen molar-refractivity contribution in [3.05, 3.63) is 5.89 Å². The molecule has 18 heavy (non-hydrogen) atoms. The first-order chi connectivity index (χ1) is 8.78. The Morgan fingerprint density at radius 2 is 2.06 bits per heavy atom. The molecule has 100 valence electrons. The topological polar surface area (TPSA) is 74.4 Å². The highest BCUT2D eigenvalue weighted by molar-refractivity contribution is 5.33. The number of fused-ring (bicyclic) bond motifs is 2. The zero-order valence-corrected chi connectivity index (χ0v) is 10.7.